The van der Waals surface area contributed by atoms with Gasteiger partial charge in [0, 0.05) is 13.0 Å². The summed E-state index contributed by atoms with van der Waals surface area (Å²) in [6, 6.07) is 0. The molecule has 2 atom stereocenters. The van der Waals surface area contributed by atoms with E-state index in [0.717, 1.165) is 44.9 Å². The molecule has 0 aromatic heterocycles. The normalized spacial score (nSPS) is 13.8. The third-order valence-corrected chi connectivity index (χ3v) is 10.4. The number of hydrogen-bond donors (Lipinski definition) is 2. The van der Waals surface area contributed by atoms with E-state index < -0.39 is 32.5 Å². The minimum Gasteiger partial charge on any atom is -0.462 e. The van der Waals surface area contributed by atoms with Gasteiger partial charge in [-0.1, -0.05) is 203 Å². The number of nitrogens with two attached hydrogens (primary N) is 1. The topological polar surface area (TPSA) is 134 Å². The molecule has 0 aliphatic heterocycles. The van der Waals surface area contributed by atoms with Crippen molar-refractivity contribution in [3.63, 3.8) is 0 Å². The van der Waals surface area contributed by atoms with Crippen molar-refractivity contribution in [2.24, 2.45) is 5.73 Å². The van der Waals surface area contributed by atoms with E-state index in [2.05, 4.69) is 56.4 Å². The molecular formula is C47H84NO8P. The van der Waals surface area contributed by atoms with E-state index in [9.17, 15) is 19.0 Å². The fourth-order valence-electron chi connectivity index (χ4n) is 6.12. The van der Waals surface area contributed by atoms with Crippen molar-refractivity contribution in [2.45, 2.75) is 200 Å². The highest BCUT2D eigenvalue weighted by Gasteiger charge is 2.25. The van der Waals surface area contributed by atoms with E-state index in [1.54, 1.807) is 6.08 Å². The Labute approximate surface area is 349 Å². The predicted octanol–water partition coefficient (Wildman–Crippen LogP) is 13.3. The molecule has 0 fully saturated rings. The van der Waals surface area contributed by atoms with Gasteiger partial charge in [0.25, 0.3) is 0 Å². The largest absolute Gasteiger partial charge is 0.472 e. The lowest BCUT2D eigenvalue weighted by Gasteiger charge is -2.19. The summed E-state index contributed by atoms with van der Waals surface area (Å²) in [5.74, 6) is -0.973. The van der Waals surface area contributed by atoms with Crippen LogP contribution in [0.2, 0.25) is 0 Å². The average Bonchev–Trinajstić information content (AvgIpc) is 3.20. The van der Waals surface area contributed by atoms with Gasteiger partial charge in [-0.25, -0.2) is 4.57 Å². The molecule has 0 bridgehead atoms. The molecule has 0 aromatic rings. The minimum absolute atomic E-state index is 0.00212. The van der Waals surface area contributed by atoms with Crippen molar-refractivity contribution in [3.05, 3.63) is 60.8 Å². The lowest BCUT2D eigenvalue weighted by molar-refractivity contribution is -0.160. The first kappa shape index (κ1) is 54.7. The lowest BCUT2D eigenvalue weighted by atomic mass is 10.0. The van der Waals surface area contributed by atoms with Crippen LogP contribution in [-0.2, 0) is 32.7 Å². The third-order valence-electron chi connectivity index (χ3n) is 9.45. The Hall–Kier alpha value is -2.29. The van der Waals surface area contributed by atoms with Crippen molar-refractivity contribution < 1.29 is 37.6 Å². The van der Waals surface area contributed by atoms with Gasteiger partial charge < -0.3 is 20.1 Å². The molecule has 0 saturated heterocycles. The molecule has 57 heavy (non-hydrogen) atoms. The minimum atomic E-state index is -4.40. The van der Waals surface area contributed by atoms with E-state index in [-0.39, 0.29) is 32.6 Å². The molecule has 9 nitrogen and oxygen atoms in total. The van der Waals surface area contributed by atoms with E-state index in [1.807, 2.05) is 12.2 Å². The zero-order valence-corrected chi connectivity index (χ0v) is 37.2. The number of esters is 2. The zero-order chi connectivity index (χ0) is 41.8. The first-order valence-corrected chi connectivity index (χ1v) is 24.3. The maximum atomic E-state index is 12.5. The summed E-state index contributed by atoms with van der Waals surface area (Å²) >= 11 is 0. The van der Waals surface area contributed by atoms with Crippen LogP contribution in [0.3, 0.4) is 0 Å². The highest BCUT2D eigenvalue weighted by molar-refractivity contribution is 7.47. The van der Waals surface area contributed by atoms with E-state index in [4.69, 9.17) is 24.3 Å². The van der Waals surface area contributed by atoms with Crippen LogP contribution in [0.4, 0.5) is 0 Å². The van der Waals surface area contributed by atoms with Crippen LogP contribution in [0, 0.1) is 0 Å². The maximum absolute atomic E-state index is 12.5. The Morgan fingerprint density at radius 2 is 0.947 bits per heavy atom. The van der Waals surface area contributed by atoms with Gasteiger partial charge in [0.05, 0.1) is 19.6 Å². The summed E-state index contributed by atoms with van der Waals surface area (Å²) in [6.45, 7) is 3.52. The highest BCUT2D eigenvalue weighted by atomic mass is 31.2. The Morgan fingerprint density at radius 1 is 0.544 bits per heavy atom. The van der Waals surface area contributed by atoms with E-state index in [1.165, 1.54) is 116 Å². The van der Waals surface area contributed by atoms with Crippen molar-refractivity contribution >= 4 is 19.8 Å². The van der Waals surface area contributed by atoms with E-state index >= 15 is 0 Å². The third kappa shape index (κ3) is 43.1. The standard InChI is InChI=1S/C47H84NO8P/c1-3-5-7-9-11-13-15-17-19-20-21-22-23-24-26-27-29-31-33-35-37-39-46(49)53-43-45(44-55-57(51,52)54-42-41-48)56-47(50)40-38-36-34-32-30-28-25-18-16-14-12-10-8-6-4-2/h6,8,12,14,18,25,30,32,36,38,45H,3-5,7,9-11,13,15-17,19-24,26-29,31,33-35,37,39-44,48H2,1-2H3,(H,51,52)/b8-6-,14-12-,25-18-,32-30-,38-36-. The number of allylic oxidation sites excluding steroid dienone is 9. The average molecular weight is 822 g/mol. The summed E-state index contributed by atoms with van der Waals surface area (Å²) in [5.41, 5.74) is 5.34. The Morgan fingerprint density at radius 3 is 1.37 bits per heavy atom. The summed E-state index contributed by atoms with van der Waals surface area (Å²) < 4.78 is 32.7. The molecule has 0 rings (SSSR count). The quantitative estimate of drug-likeness (QED) is 0.0267. The summed E-state index contributed by atoms with van der Waals surface area (Å²) in [5, 5.41) is 0. The molecular weight excluding hydrogens is 737 g/mol. The SMILES string of the molecule is CC/C=C\C/C=C\C/C=C\C/C=C\C/C=C\CC(=O)OC(COC(=O)CCCCCCCCCCCCCCCCCCCCCCC)COP(=O)(O)OCCN. The number of carbonyl (C=O) groups excluding carboxylic acids is 2. The van der Waals surface area contributed by atoms with Crippen molar-refractivity contribution in [1.29, 1.82) is 0 Å². The molecule has 0 aliphatic carbocycles. The van der Waals surface area contributed by atoms with Gasteiger partial charge in [-0.3, -0.25) is 18.6 Å². The smallest absolute Gasteiger partial charge is 0.462 e. The molecule has 3 N–H and O–H groups in total. The van der Waals surface area contributed by atoms with Gasteiger partial charge in [-0.05, 0) is 38.5 Å². The van der Waals surface area contributed by atoms with Crippen LogP contribution < -0.4 is 5.73 Å². The molecule has 0 spiro atoms. The van der Waals surface area contributed by atoms with Crippen LogP contribution in [0.25, 0.3) is 0 Å². The molecule has 0 aromatic carbocycles. The van der Waals surface area contributed by atoms with Crippen LogP contribution in [0.1, 0.15) is 194 Å². The number of hydrogen-bond acceptors (Lipinski definition) is 8. The monoisotopic (exact) mass is 822 g/mol. The second kappa shape index (κ2) is 43.3. The molecule has 0 heterocycles. The summed E-state index contributed by atoms with van der Waals surface area (Å²) in [7, 11) is -4.40. The predicted molar refractivity (Wildman–Crippen MR) is 238 cm³/mol. The molecule has 0 amide bonds. The number of phosphoric ester groups is 1. The van der Waals surface area contributed by atoms with Crippen molar-refractivity contribution in [1.82, 2.24) is 0 Å². The fraction of sp³-hybridized carbons (Fsp3) is 0.745. The molecule has 2 unspecified atom stereocenters. The second-order valence-electron chi connectivity index (χ2n) is 14.9. The second-order valence-corrected chi connectivity index (χ2v) is 16.4. The Balaban J connectivity index is 4.16. The van der Waals surface area contributed by atoms with Gasteiger partial charge >= 0.3 is 19.8 Å². The highest BCUT2D eigenvalue weighted by Crippen LogP contribution is 2.43. The van der Waals surface area contributed by atoms with Gasteiger partial charge in [-0.2, -0.15) is 0 Å². The van der Waals surface area contributed by atoms with Crippen molar-refractivity contribution in [2.75, 3.05) is 26.4 Å². The maximum Gasteiger partial charge on any atom is 0.472 e. The number of carbonyl (C=O) groups is 2. The Kier molecular flexibility index (Phi) is 41.6. The first-order chi connectivity index (χ1) is 27.8. The zero-order valence-electron chi connectivity index (χ0n) is 36.3. The number of unbranched alkanes of at least 4 members (excludes halogenated alkanes) is 20. The summed E-state index contributed by atoms with van der Waals surface area (Å²) in [4.78, 5) is 34.8. The van der Waals surface area contributed by atoms with Gasteiger partial charge in [0.2, 0.25) is 0 Å². The molecule has 330 valence electrons. The number of ether oxygens (including phenoxy) is 2. The van der Waals surface area contributed by atoms with Crippen molar-refractivity contribution in [3.8, 4) is 0 Å². The van der Waals surface area contributed by atoms with E-state index in [0.29, 0.717) is 6.42 Å². The fourth-order valence-corrected chi connectivity index (χ4v) is 6.89. The molecule has 10 heteroatoms. The lowest BCUT2D eigenvalue weighted by Crippen LogP contribution is -2.29. The molecule has 0 saturated carbocycles. The number of rotatable bonds is 42. The first-order valence-electron chi connectivity index (χ1n) is 22.8. The molecule has 0 radical (unpaired) electrons. The van der Waals surface area contributed by atoms with Gasteiger partial charge in [0.15, 0.2) is 6.10 Å². The van der Waals surface area contributed by atoms with Crippen LogP contribution in [0.5, 0.6) is 0 Å². The van der Waals surface area contributed by atoms with Gasteiger partial charge in [-0.15, -0.1) is 0 Å². The molecule has 0 aliphatic rings. The van der Waals surface area contributed by atoms with Gasteiger partial charge in [0.1, 0.15) is 6.61 Å². The summed E-state index contributed by atoms with van der Waals surface area (Å²) in [6.07, 6.45) is 51.5. The van der Waals surface area contributed by atoms with Crippen LogP contribution in [0.15, 0.2) is 60.8 Å². The van der Waals surface area contributed by atoms with Crippen LogP contribution in [-0.4, -0.2) is 49.3 Å². The Bertz CT molecular complexity index is 1120. The van der Waals surface area contributed by atoms with Crippen LogP contribution >= 0.6 is 7.82 Å². The number of phosphoric acid groups is 1.